The first kappa shape index (κ1) is 39.3. The van der Waals surface area contributed by atoms with E-state index in [4.69, 9.17) is 0 Å². The zero-order chi connectivity index (χ0) is 40.2. The second kappa shape index (κ2) is 17.5. The predicted molar refractivity (Wildman–Crippen MR) is 221 cm³/mol. The topological polar surface area (TPSA) is 118 Å². The van der Waals surface area contributed by atoms with Gasteiger partial charge in [-0.15, -0.1) is 0 Å². The van der Waals surface area contributed by atoms with Crippen LogP contribution in [0.4, 0.5) is 14.5 Å². The number of hydrogen-bond acceptors (Lipinski definition) is 8. The molecule has 3 aliphatic rings. The number of piperazine rings is 1. The van der Waals surface area contributed by atoms with Gasteiger partial charge in [0.25, 0.3) is 17.4 Å². The Balaban J connectivity index is 0.746. The van der Waals surface area contributed by atoms with Crippen LogP contribution in [0.5, 0.6) is 0 Å². The van der Waals surface area contributed by atoms with Gasteiger partial charge in [0, 0.05) is 83.2 Å². The molecule has 3 saturated heterocycles. The molecule has 302 valence electrons. The van der Waals surface area contributed by atoms with E-state index in [1.165, 1.54) is 12.1 Å². The fourth-order valence-electron chi connectivity index (χ4n) is 8.58. The van der Waals surface area contributed by atoms with Gasteiger partial charge in [0.15, 0.2) is 0 Å². The number of benzene rings is 2. The van der Waals surface area contributed by atoms with E-state index in [-0.39, 0.29) is 17.5 Å². The molecular weight excluding hydrogens is 739 g/mol. The van der Waals surface area contributed by atoms with Gasteiger partial charge < -0.3 is 25.0 Å². The number of carbonyl (C=O) groups is 2. The molecule has 3 aliphatic heterocycles. The monoisotopic (exact) mass is 788 g/mol. The summed E-state index contributed by atoms with van der Waals surface area (Å²) in [6.45, 7) is 9.70. The van der Waals surface area contributed by atoms with Crippen molar-refractivity contribution in [3.63, 3.8) is 0 Å². The Hall–Kier alpha value is -5.53. The van der Waals surface area contributed by atoms with Gasteiger partial charge in [-0.05, 0) is 91.1 Å². The molecule has 6 heterocycles. The van der Waals surface area contributed by atoms with Gasteiger partial charge in [0.1, 0.15) is 22.9 Å². The van der Waals surface area contributed by atoms with Gasteiger partial charge in [-0.1, -0.05) is 37.3 Å². The molecule has 3 fully saturated rings. The molecule has 5 aromatic rings. The average molecular weight is 789 g/mol. The Morgan fingerprint density at radius 1 is 0.793 bits per heavy atom. The second-order valence-electron chi connectivity index (χ2n) is 15.9. The molecule has 0 radical (unpaired) electrons. The van der Waals surface area contributed by atoms with Crippen molar-refractivity contribution in [2.24, 2.45) is 5.92 Å². The Morgan fingerprint density at radius 3 is 2.19 bits per heavy atom. The molecule has 0 saturated carbocycles. The zero-order valence-electron chi connectivity index (χ0n) is 32.9. The molecule has 2 aromatic carbocycles. The van der Waals surface area contributed by atoms with E-state index in [2.05, 4.69) is 35.0 Å². The number of H-pyrrole nitrogens is 1. The van der Waals surface area contributed by atoms with Gasteiger partial charge in [-0.2, -0.15) is 0 Å². The largest absolute Gasteiger partial charge is 0.368 e. The molecule has 8 rings (SSSR count). The Labute approximate surface area is 337 Å². The zero-order valence-corrected chi connectivity index (χ0v) is 32.9. The number of rotatable bonds is 10. The summed E-state index contributed by atoms with van der Waals surface area (Å²) >= 11 is 0. The molecule has 13 heteroatoms. The lowest BCUT2D eigenvalue weighted by atomic mass is 9.94. The van der Waals surface area contributed by atoms with Crippen molar-refractivity contribution in [1.29, 1.82) is 0 Å². The Kier molecular flexibility index (Phi) is 11.9. The van der Waals surface area contributed by atoms with Gasteiger partial charge in [0.05, 0.1) is 22.9 Å². The van der Waals surface area contributed by atoms with Crippen LogP contribution in [-0.4, -0.2) is 106 Å². The summed E-state index contributed by atoms with van der Waals surface area (Å²) < 4.78 is 30.1. The van der Waals surface area contributed by atoms with Crippen LogP contribution in [-0.2, 0) is 13.0 Å². The third-order valence-corrected chi connectivity index (χ3v) is 12.0. The Bertz CT molecular complexity index is 2270. The quantitative estimate of drug-likeness (QED) is 0.180. The molecule has 0 bridgehead atoms. The van der Waals surface area contributed by atoms with E-state index in [9.17, 15) is 14.4 Å². The number of likely N-dealkylation sites (tertiary alicyclic amines) is 2. The van der Waals surface area contributed by atoms with Gasteiger partial charge in [-0.3, -0.25) is 24.3 Å². The fourth-order valence-corrected chi connectivity index (χ4v) is 8.58. The highest BCUT2D eigenvalue weighted by Crippen LogP contribution is 2.28. The first-order chi connectivity index (χ1) is 28.2. The summed E-state index contributed by atoms with van der Waals surface area (Å²) in [6.07, 6.45) is 7.59. The lowest BCUT2D eigenvalue weighted by molar-refractivity contribution is 0.0642. The molecule has 0 unspecified atom stereocenters. The number of aromatic amines is 1. The van der Waals surface area contributed by atoms with Crippen LogP contribution in [0, 0.1) is 17.6 Å². The maximum absolute atomic E-state index is 15.1. The molecule has 0 spiro atoms. The number of nitrogens with zero attached hydrogens (tertiary/aromatic N) is 6. The molecule has 11 nitrogen and oxygen atoms in total. The van der Waals surface area contributed by atoms with Crippen molar-refractivity contribution in [2.45, 2.75) is 51.6 Å². The van der Waals surface area contributed by atoms with E-state index in [1.54, 1.807) is 41.4 Å². The van der Waals surface area contributed by atoms with Crippen molar-refractivity contribution in [3.8, 4) is 11.1 Å². The standard InChI is InChI=1S/C45H50F2N8O3/c1-2-32-25-40-41(51-43(32)56)22-31(26-48-40)29-53-18-20-54(21-19-53)36-8-9-39(49-27-36)44(57)50-35-12-14-52(15-13-35)28-30-10-16-55(17-11-30)45(58)42-37(46)23-34(24-38(42)47)33-6-4-3-5-7-33/h3-9,22-27,30,35H,2,10-21,28-29H2,1H3,(H,50,57)(H,51,56). The predicted octanol–water partition coefficient (Wildman–Crippen LogP) is 5.89. The lowest BCUT2D eigenvalue weighted by Gasteiger charge is -2.38. The molecule has 0 aliphatic carbocycles. The van der Waals surface area contributed by atoms with Crippen LogP contribution < -0.4 is 15.8 Å². The molecule has 0 atom stereocenters. The maximum Gasteiger partial charge on any atom is 0.270 e. The molecule has 2 amide bonds. The van der Waals surface area contributed by atoms with Crippen molar-refractivity contribution in [1.82, 2.24) is 35.0 Å². The van der Waals surface area contributed by atoms with Crippen LogP contribution in [0.15, 0.2) is 83.9 Å². The van der Waals surface area contributed by atoms with E-state index in [0.717, 1.165) is 106 Å². The van der Waals surface area contributed by atoms with E-state index >= 15 is 8.78 Å². The summed E-state index contributed by atoms with van der Waals surface area (Å²) in [7, 11) is 0. The van der Waals surface area contributed by atoms with E-state index < -0.39 is 23.1 Å². The van der Waals surface area contributed by atoms with Crippen molar-refractivity contribution in [3.05, 3.63) is 123 Å². The molecule has 2 N–H and O–H groups in total. The number of aromatic nitrogens is 3. The summed E-state index contributed by atoms with van der Waals surface area (Å²) in [5.74, 6) is -2.03. The molecule has 58 heavy (non-hydrogen) atoms. The van der Waals surface area contributed by atoms with Crippen LogP contribution in [0.1, 0.15) is 64.6 Å². The van der Waals surface area contributed by atoms with Crippen LogP contribution in [0.25, 0.3) is 22.2 Å². The van der Waals surface area contributed by atoms with Gasteiger partial charge in [0.2, 0.25) is 0 Å². The summed E-state index contributed by atoms with van der Waals surface area (Å²) in [5, 5.41) is 3.18. The number of carbonyl (C=O) groups excluding carboxylic acids is 2. The number of fused-ring (bicyclic) bond motifs is 1. The molecular formula is C45H50F2N8O3. The first-order valence-electron chi connectivity index (χ1n) is 20.5. The number of anilines is 1. The van der Waals surface area contributed by atoms with Crippen LogP contribution >= 0.6 is 0 Å². The number of aryl methyl sites for hydroxylation is 1. The number of amides is 2. The summed E-state index contributed by atoms with van der Waals surface area (Å²) in [5.41, 5.74) is 5.34. The number of halogens is 2. The minimum Gasteiger partial charge on any atom is -0.368 e. The highest BCUT2D eigenvalue weighted by Gasteiger charge is 2.30. The third kappa shape index (κ3) is 8.95. The van der Waals surface area contributed by atoms with Crippen molar-refractivity contribution < 1.29 is 18.4 Å². The number of pyridine rings is 3. The number of nitrogens with one attached hydrogen (secondary N) is 2. The van der Waals surface area contributed by atoms with Crippen molar-refractivity contribution in [2.75, 3.05) is 63.8 Å². The normalized spacial score (nSPS) is 17.5. The maximum atomic E-state index is 15.1. The second-order valence-corrected chi connectivity index (χ2v) is 15.9. The van der Waals surface area contributed by atoms with Crippen LogP contribution in [0.2, 0.25) is 0 Å². The summed E-state index contributed by atoms with van der Waals surface area (Å²) in [4.78, 5) is 59.4. The summed E-state index contributed by atoms with van der Waals surface area (Å²) in [6, 6.07) is 19.2. The minimum atomic E-state index is -0.835. The van der Waals surface area contributed by atoms with Crippen molar-refractivity contribution >= 4 is 28.5 Å². The SMILES string of the molecule is CCc1cc2ncc(CN3CCN(c4ccc(C(=O)NC5CCN(CC6CCN(C(=O)c7c(F)cc(-c8ccccc8)cc7F)CC6)CC5)nc4)CC3)cc2[nH]c1=O. The smallest absolute Gasteiger partial charge is 0.270 e. The Morgan fingerprint density at radius 2 is 1.52 bits per heavy atom. The minimum absolute atomic E-state index is 0.0532. The van der Waals surface area contributed by atoms with Gasteiger partial charge >= 0.3 is 0 Å². The lowest BCUT2D eigenvalue weighted by Crippen LogP contribution is -2.47. The first-order valence-corrected chi connectivity index (χ1v) is 20.5. The highest BCUT2D eigenvalue weighted by molar-refractivity contribution is 5.95. The van der Waals surface area contributed by atoms with E-state index in [0.29, 0.717) is 42.2 Å². The van der Waals surface area contributed by atoms with Gasteiger partial charge in [-0.25, -0.2) is 13.8 Å². The van der Waals surface area contributed by atoms with E-state index in [1.807, 2.05) is 37.4 Å². The van der Waals surface area contributed by atoms with Crippen LogP contribution in [0.3, 0.4) is 0 Å². The molecule has 3 aromatic heterocycles. The number of hydrogen-bond donors (Lipinski definition) is 2. The average Bonchev–Trinajstić information content (AvgIpc) is 3.24. The fraction of sp³-hybridized carbons (Fsp3) is 0.400. The number of piperidine rings is 2. The highest BCUT2D eigenvalue weighted by atomic mass is 19.1. The third-order valence-electron chi connectivity index (χ3n) is 12.0.